The van der Waals surface area contributed by atoms with Crippen molar-refractivity contribution >= 4 is 11.5 Å². The van der Waals surface area contributed by atoms with Crippen LogP contribution in [0.2, 0.25) is 0 Å². The first-order valence-electron chi connectivity index (χ1n) is 5.71. The molecular formula is C15H14N2O. The fourth-order valence-electron chi connectivity index (χ4n) is 1.54. The average Bonchev–Trinajstić information content (AvgIpc) is 2.40. The van der Waals surface area contributed by atoms with Crippen molar-refractivity contribution in [2.24, 2.45) is 0 Å². The average molecular weight is 238 g/mol. The maximum atomic E-state index is 11.7. The van der Waals surface area contributed by atoms with Gasteiger partial charge in [-0.2, -0.15) is 0 Å². The zero-order chi connectivity index (χ0) is 12.8. The van der Waals surface area contributed by atoms with Crippen LogP contribution < -0.4 is 5.32 Å². The third-order valence-corrected chi connectivity index (χ3v) is 2.42. The molecule has 0 aliphatic heterocycles. The first-order valence-corrected chi connectivity index (χ1v) is 5.71. The molecule has 0 amide bonds. The van der Waals surface area contributed by atoms with Gasteiger partial charge >= 0.3 is 0 Å². The van der Waals surface area contributed by atoms with E-state index in [1.165, 1.54) is 11.6 Å². The minimum absolute atomic E-state index is 0.115. The second-order valence-electron chi connectivity index (χ2n) is 3.93. The number of aromatic nitrogens is 1. The number of anilines is 1. The highest BCUT2D eigenvalue weighted by atomic mass is 16.1. The molecular weight excluding hydrogens is 224 g/mol. The summed E-state index contributed by atoms with van der Waals surface area (Å²) >= 11 is 0. The van der Waals surface area contributed by atoms with Gasteiger partial charge < -0.3 is 5.32 Å². The zero-order valence-corrected chi connectivity index (χ0v) is 10.1. The zero-order valence-electron chi connectivity index (χ0n) is 10.1. The Balaban J connectivity index is 1.98. The highest BCUT2D eigenvalue weighted by molar-refractivity contribution is 6.03. The maximum Gasteiger partial charge on any atom is 0.205 e. The van der Waals surface area contributed by atoms with Gasteiger partial charge in [0.2, 0.25) is 5.78 Å². The number of hydrogen-bond acceptors (Lipinski definition) is 3. The van der Waals surface area contributed by atoms with Gasteiger partial charge in [0.25, 0.3) is 0 Å². The molecule has 3 heteroatoms. The molecule has 0 radical (unpaired) electrons. The summed E-state index contributed by atoms with van der Waals surface area (Å²) in [5.74, 6) is -0.115. The van der Waals surface area contributed by atoms with Crippen LogP contribution in [-0.4, -0.2) is 10.8 Å². The summed E-state index contributed by atoms with van der Waals surface area (Å²) in [6.45, 7) is 2.02. The standard InChI is InChI=1S/C15H14N2O/c1-12-5-4-6-13(11-12)16-10-8-15(18)14-7-2-3-9-17-14/h2-11,16H,1H3/b10-8-. The number of carbonyl (C=O) groups is 1. The Labute approximate surface area is 106 Å². The highest BCUT2D eigenvalue weighted by Gasteiger charge is 2.00. The number of carbonyl (C=O) groups excluding carboxylic acids is 1. The Morgan fingerprint density at radius 2 is 2.11 bits per heavy atom. The van der Waals surface area contributed by atoms with E-state index in [4.69, 9.17) is 0 Å². The Kier molecular flexibility index (Phi) is 3.86. The molecule has 0 spiro atoms. The number of pyridine rings is 1. The third-order valence-electron chi connectivity index (χ3n) is 2.42. The molecule has 0 saturated carbocycles. The first kappa shape index (κ1) is 12.0. The van der Waals surface area contributed by atoms with E-state index in [2.05, 4.69) is 10.3 Å². The van der Waals surface area contributed by atoms with E-state index in [1.807, 2.05) is 31.2 Å². The van der Waals surface area contributed by atoms with Crippen LogP contribution in [0, 0.1) is 6.92 Å². The monoisotopic (exact) mass is 238 g/mol. The molecule has 1 heterocycles. The molecule has 1 aromatic carbocycles. The maximum absolute atomic E-state index is 11.7. The number of benzene rings is 1. The van der Waals surface area contributed by atoms with Gasteiger partial charge in [0.15, 0.2) is 0 Å². The van der Waals surface area contributed by atoms with Crippen LogP contribution in [0.5, 0.6) is 0 Å². The van der Waals surface area contributed by atoms with Crippen LogP contribution in [0.3, 0.4) is 0 Å². The van der Waals surface area contributed by atoms with Gasteiger partial charge in [-0.3, -0.25) is 9.78 Å². The van der Waals surface area contributed by atoms with Gasteiger partial charge in [0.05, 0.1) is 0 Å². The summed E-state index contributed by atoms with van der Waals surface area (Å²) in [7, 11) is 0. The van der Waals surface area contributed by atoms with E-state index >= 15 is 0 Å². The van der Waals surface area contributed by atoms with Gasteiger partial charge in [-0.25, -0.2) is 0 Å². The highest BCUT2D eigenvalue weighted by Crippen LogP contribution is 2.09. The minimum atomic E-state index is -0.115. The van der Waals surface area contributed by atoms with Gasteiger partial charge in [-0.1, -0.05) is 18.2 Å². The topological polar surface area (TPSA) is 42.0 Å². The lowest BCUT2D eigenvalue weighted by molar-refractivity contribution is 0.104. The normalized spacial score (nSPS) is 10.5. The van der Waals surface area contributed by atoms with E-state index in [1.54, 1.807) is 30.6 Å². The van der Waals surface area contributed by atoms with Crippen LogP contribution in [0.1, 0.15) is 16.1 Å². The summed E-state index contributed by atoms with van der Waals surface area (Å²) in [6.07, 6.45) is 4.71. The molecule has 0 atom stereocenters. The Hall–Kier alpha value is -2.42. The van der Waals surface area contributed by atoms with Crippen molar-refractivity contribution in [1.29, 1.82) is 0 Å². The van der Waals surface area contributed by atoms with Crippen molar-refractivity contribution in [1.82, 2.24) is 4.98 Å². The molecule has 0 aliphatic carbocycles. The molecule has 18 heavy (non-hydrogen) atoms. The van der Waals surface area contributed by atoms with E-state index in [9.17, 15) is 4.79 Å². The van der Waals surface area contributed by atoms with Crippen LogP contribution in [0.25, 0.3) is 0 Å². The van der Waals surface area contributed by atoms with Crippen LogP contribution >= 0.6 is 0 Å². The van der Waals surface area contributed by atoms with E-state index in [0.717, 1.165) is 5.69 Å². The molecule has 0 bridgehead atoms. The second-order valence-corrected chi connectivity index (χ2v) is 3.93. The van der Waals surface area contributed by atoms with Crippen molar-refractivity contribution in [3.8, 4) is 0 Å². The lowest BCUT2D eigenvalue weighted by Gasteiger charge is -2.01. The summed E-state index contributed by atoms with van der Waals surface area (Å²) in [6, 6.07) is 13.2. The Bertz CT molecular complexity index is 562. The van der Waals surface area contributed by atoms with Crippen molar-refractivity contribution < 1.29 is 4.79 Å². The predicted octanol–water partition coefficient (Wildman–Crippen LogP) is 3.20. The number of ketones is 1. The van der Waals surface area contributed by atoms with E-state index < -0.39 is 0 Å². The third kappa shape index (κ3) is 3.28. The molecule has 1 N–H and O–H groups in total. The molecule has 0 fully saturated rings. The summed E-state index contributed by atoms with van der Waals surface area (Å²) in [5.41, 5.74) is 2.57. The fraction of sp³-hybridized carbons (Fsp3) is 0.0667. The molecule has 2 aromatic rings. The number of aryl methyl sites for hydroxylation is 1. The molecule has 3 nitrogen and oxygen atoms in total. The van der Waals surface area contributed by atoms with Gasteiger partial charge in [-0.05, 0) is 36.8 Å². The molecule has 2 rings (SSSR count). The van der Waals surface area contributed by atoms with Crippen molar-refractivity contribution in [3.05, 3.63) is 72.2 Å². The van der Waals surface area contributed by atoms with Crippen molar-refractivity contribution in [2.75, 3.05) is 5.32 Å². The number of allylic oxidation sites excluding steroid dienone is 1. The predicted molar refractivity (Wildman–Crippen MR) is 72.5 cm³/mol. The number of nitrogens with one attached hydrogen (secondary N) is 1. The van der Waals surface area contributed by atoms with Gasteiger partial charge in [0.1, 0.15) is 5.69 Å². The second kappa shape index (κ2) is 5.77. The minimum Gasteiger partial charge on any atom is -0.362 e. The quantitative estimate of drug-likeness (QED) is 0.657. The fourth-order valence-corrected chi connectivity index (χ4v) is 1.54. The first-order chi connectivity index (χ1) is 8.75. The van der Waals surface area contributed by atoms with Gasteiger partial charge in [-0.15, -0.1) is 0 Å². The number of hydrogen-bond donors (Lipinski definition) is 1. The van der Waals surface area contributed by atoms with Gasteiger partial charge in [0, 0.05) is 24.2 Å². The number of nitrogens with zero attached hydrogens (tertiary/aromatic N) is 1. The van der Waals surface area contributed by atoms with E-state index in [-0.39, 0.29) is 5.78 Å². The number of rotatable bonds is 4. The largest absolute Gasteiger partial charge is 0.362 e. The van der Waals surface area contributed by atoms with Crippen LogP contribution in [0.15, 0.2) is 60.9 Å². The lowest BCUT2D eigenvalue weighted by Crippen LogP contribution is -1.98. The van der Waals surface area contributed by atoms with Crippen molar-refractivity contribution in [2.45, 2.75) is 6.92 Å². The Morgan fingerprint density at radius 1 is 1.22 bits per heavy atom. The van der Waals surface area contributed by atoms with Crippen LogP contribution in [-0.2, 0) is 0 Å². The molecule has 0 saturated heterocycles. The summed E-state index contributed by atoms with van der Waals surface area (Å²) < 4.78 is 0. The molecule has 90 valence electrons. The molecule has 1 aromatic heterocycles. The van der Waals surface area contributed by atoms with Crippen molar-refractivity contribution in [3.63, 3.8) is 0 Å². The van der Waals surface area contributed by atoms with Crippen LogP contribution in [0.4, 0.5) is 5.69 Å². The summed E-state index contributed by atoms with van der Waals surface area (Å²) in [4.78, 5) is 15.7. The Morgan fingerprint density at radius 3 is 2.83 bits per heavy atom. The SMILES string of the molecule is Cc1cccc(N/C=C\C(=O)c2ccccn2)c1. The lowest BCUT2D eigenvalue weighted by atomic mass is 10.2. The summed E-state index contributed by atoms with van der Waals surface area (Å²) in [5, 5.41) is 3.06. The smallest absolute Gasteiger partial charge is 0.205 e. The van der Waals surface area contributed by atoms with E-state index in [0.29, 0.717) is 5.69 Å². The molecule has 0 unspecified atom stereocenters. The molecule has 0 aliphatic rings.